The Hall–Kier alpha value is -2.41. The number of nitrogens with zero attached hydrogens (tertiary/aromatic N) is 1. The number of nitrogens with one attached hydrogen (secondary N) is 2. The van der Waals surface area contributed by atoms with Gasteiger partial charge in [0.2, 0.25) is 0 Å². The van der Waals surface area contributed by atoms with Gasteiger partial charge in [-0.2, -0.15) is 0 Å². The molecule has 7 nitrogen and oxygen atoms in total. The Balaban J connectivity index is 0.00000119. The quantitative estimate of drug-likeness (QED) is 0.554. The fourth-order valence-corrected chi connectivity index (χ4v) is 1.81. The summed E-state index contributed by atoms with van der Waals surface area (Å²) in [5.41, 5.74) is 0.589. The topological polar surface area (TPSA) is 89.5 Å². The van der Waals surface area contributed by atoms with E-state index < -0.39 is 17.7 Å². The number of pyridine rings is 1. The molecule has 0 fully saturated rings. The van der Waals surface area contributed by atoms with Gasteiger partial charge in [-0.05, 0) is 52.4 Å². The van der Waals surface area contributed by atoms with Crippen LogP contribution >= 0.6 is 0 Å². The fourth-order valence-electron chi connectivity index (χ4n) is 1.81. The maximum Gasteiger partial charge on any atom is 0.413 e. The molecule has 0 aliphatic rings. The molecule has 0 radical (unpaired) electrons. The third kappa shape index (κ3) is 12.6. The number of esters is 1. The molecule has 1 aromatic rings. The molecule has 1 aromatic heterocycles. The Kier molecular flexibility index (Phi) is 11.7. The average Bonchev–Trinajstić information content (AvgIpc) is 2.56. The van der Waals surface area contributed by atoms with Gasteiger partial charge < -0.3 is 14.8 Å². The fraction of sp³-hybridized carbons (Fsp3) is 0.550. The number of hydrogen-bond donors (Lipinski definition) is 2. The molecular weight excluding hydrogens is 346 g/mol. The Morgan fingerprint density at radius 2 is 1.78 bits per heavy atom. The molecule has 0 aromatic carbocycles. The van der Waals surface area contributed by atoms with Gasteiger partial charge in [0.05, 0.1) is 6.61 Å². The highest BCUT2D eigenvalue weighted by atomic mass is 16.6. The maximum absolute atomic E-state index is 11.6. The summed E-state index contributed by atoms with van der Waals surface area (Å²) in [4.78, 5) is 27.2. The summed E-state index contributed by atoms with van der Waals surface area (Å²) >= 11 is 0. The average molecular weight is 380 g/mol. The van der Waals surface area contributed by atoms with Crippen molar-refractivity contribution >= 4 is 17.9 Å². The van der Waals surface area contributed by atoms with E-state index in [1.165, 1.54) is 0 Å². The van der Waals surface area contributed by atoms with Crippen LogP contribution in [0.4, 0.5) is 10.6 Å². The van der Waals surface area contributed by atoms with E-state index in [1.807, 2.05) is 0 Å². The first-order valence-corrected chi connectivity index (χ1v) is 9.13. The third-order valence-corrected chi connectivity index (χ3v) is 2.94. The van der Waals surface area contributed by atoms with E-state index in [-0.39, 0.29) is 0 Å². The minimum Gasteiger partial charge on any atom is -0.463 e. The van der Waals surface area contributed by atoms with Gasteiger partial charge in [0.25, 0.3) is 0 Å². The number of aromatic nitrogens is 1. The molecule has 0 aliphatic carbocycles. The van der Waals surface area contributed by atoms with Gasteiger partial charge >= 0.3 is 12.1 Å². The number of amides is 1. The molecule has 0 unspecified atom stereocenters. The lowest BCUT2D eigenvalue weighted by atomic mass is 10.1. The van der Waals surface area contributed by atoms with Gasteiger partial charge in [-0.25, -0.2) is 14.6 Å². The van der Waals surface area contributed by atoms with Crippen molar-refractivity contribution in [1.29, 1.82) is 0 Å². The summed E-state index contributed by atoms with van der Waals surface area (Å²) < 4.78 is 10.00. The second-order valence-corrected chi connectivity index (χ2v) is 6.64. The van der Waals surface area contributed by atoms with Crippen molar-refractivity contribution < 1.29 is 19.1 Å². The zero-order chi connectivity index (χ0) is 20.9. The van der Waals surface area contributed by atoms with Crippen LogP contribution in [0.25, 0.3) is 0 Å². The second kappa shape index (κ2) is 12.9. The van der Waals surface area contributed by atoms with E-state index in [9.17, 15) is 9.59 Å². The molecule has 0 saturated carbocycles. The first-order valence-electron chi connectivity index (χ1n) is 9.13. The summed E-state index contributed by atoms with van der Waals surface area (Å²) in [5.74, 6) is -0.0433. The predicted octanol–water partition coefficient (Wildman–Crippen LogP) is 3.71. The third-order valence-electron chi connectivity index (χ3n) is 2.94. The van der Waals surface area contributed by atoms with Crippen LogP contribution in [0.3, 0.4) is 0 Å². The van der Waals surface area contributed by atoms with E-state index in [1.54, 1.807) is 46.0 Å². The van der Waals surface area contributed by atoms with Crippen LogP contribution in [-0.2, 0) is 20.7 Å². The van der Waals surface area contributed by atoms with Crippen molar-refractivity contribution in [2.45, 2.75) is 53.6 Å². The number of carbonyl (C=O) groups excluding carboxylic acids is 2. The van der Waals surface area contributed by atoms with E-state index in [0.29, 0.717) is 24.4 Å². The Morgan fingerprint density at radius 3 is 2.19 bits per heavy atom. The molecule has 0 atom stereocenters. The Morgan fingerprint density at radius 1 is 1.15 bits per heavy atom. The maximum atomic E-state index is 11.6. The summed E-state index contributed by atoms with van der Waals surface area (Å²) in [6.45, 7) is 17.5. The number of carbonyl (C=O) groups is 2. The van der Waals surface area contributed by atoms with E-state index in [4.69, 9.17) is 9.47 Å². The van der Waals surface area contributed by atoms with E-state index in [2.05, 4.69) is 36.0 Å². The van der Waals surface area contributed by atoms with Crippen molar-refractivity contribution in [2.75, 3.05) is 25.0 Å². The molecule has 0 aliphatic heterocycles. The highest BCUT2D eigenvalue weighted by Crippen LogP contribution is 2.12. The summed E-state index contributed by atoms with van der Waals surface area (Å²) in [7, 11) is 0. The first-order chi connectivity index (χ1) is 12.6. The van der Waals surface area contributed by atoms with Gasteiger partial charge in [-0.3, -0.25) is 5.32 Å². The number of rotatable bonds is 7. The highest BCUT2D eigenvalue weighted by Gasteiger charge is 2.16. The van der Waals surface area contributed by atoms with Crippen molar-refractivity contribution in [3.8, 4) is 0 Å². The molecule has 1 heterocycles. The lowest BCUT2D eigenvalue weighted by Gasteiger charge is -2.19. The van der Waals surface area contributed by atoms with Crippen molar-refractivity contribution in [1.82, 2.24) is 10.3 Å². The van der Waals surface area contributed by atoms with Gasteiger partial charge in [0.1, 0.15) is 11.4 Å². The van der Waals surface area contributed by atoms with Crippen LogP contribution in [0.1, 0.15) is 47.1 Å². The van der Waals surface area contributed by atoms with Crippen molar-refractivity contribution in [3.05, 3.63) is 36.0 Å². The molecular formula is C20H33N3O4. The molecule has 0 bridgehead atoms. The first kappa shape index (κ1) is 24.6. The Bertz CT molecular complexity index is 590. The molecule has 1 amide bonds. The largest absolute Gasteiger partial charge is 0.463 e. The summed E-state index contributed by atoms with van der Waals surface area (Å²) in [5, 5.41) is 5.65. The van der Waals surface area contributed by atoms with Crippen LogP contribution in [-0.4, -0.2) is 42.3 Å². The van der Waals surface area contributed by atoms with Gasteiger partial charge in [0, 0.05) is 18.2 Å². The van der Waals surface area contributed by atoms with Crippen LogP contribution in [0.5, 0.6) is 0 Å². The standard InChI is InChI=1S/C16H22N2O4.C4H11N/c1-6-21-14(19)11(2)9-12-7-8-13(17-10-12)18-15(20)22-16(3,4)5;1-3-5-4-2/h7-8,10H,2,6,9H2,1,3-5H3,(H,17,18,20);5H,3-4H2,1-2H3. The zero-order valence-corrected chi connectivity index (χ0v) is 17.3. The van der Waals surface area contributed by atoms with E-state index >= 15 is 0 Å². The Labute approximate surface area is 162 Å². The van der Waals surface area contributed by atoms with Crippen LogP contribution in [0, 0.1) is 0 Å². The van der Waals surface area contributed by atoms with Gasteiger partial charge in [-0.15, -0.1) is 0 Å². The van der Waals surface area contributed by atoms with Crippen LogP contribution in [0.15, 0.2) is 30.5 Å². The molecule has 0 saturated heterocycles. The monoisotopic (exact) mass is 379 g/mol. The molecule has 152 valence electrons. The smallest absolute Gasteiger partial charge is 0.413 e. The molecule has 27 heavy (non-hydrogen) atoms. The molecule has 2 N–H and O–H groups in total. The second-order valence-electron chi connectivity index (χ2n) is 6.64. The lowest BCUT2D eigenvalue weighted by Crippen LogP contribution is -2.27. The van der Waals surface area contributed by atoms with Crippen LogP contribution < -0.4 is 10.6 Å². The normalized spacial score (nSPS) is 10.3. The molecule has 1 rings (SSSR count). The SMILES string of the molecule is C=C(Cc1ccc(NC(=O)OC(C)(C)C)nc1)C(=O)OCC.CCNCC. The molecule has 0 spiro atoms. The minimum atomic E-state index is -0.568. The van der Waals surface area contributed by atoms with Gasteiger partial charge in [0.15, 0.2) is 0 Å². The van der Waals surface area contributed by atoms with Crippen molar-refractivity contribution in [2.24, 2.45) is 0 Å². The molecule has 7 heteroatoms. The summed E-state index contributed by atoms with van der Waals surface area (Å²) in [6, 6.07) is 3.39. The van der Waals surface area contributed by atoms with Crippen LogP contribution in [0.2, 0.25) is 0 Å². The van der Waals surface area contributed by atoms with Gasteiger partial charge in [-0.1, -0.05) is 26.5 Å². The van der Waals surface area contributed by atoms with Crippen molar-refractivity contribution in [3.63, 3.8) is 0 Å². The zero-order valence-electron chi connectivity index (χ0n) is 17.3. The predicted molar refractivity (Wildman–Crippen MR) is 108 cm³/mol. The van der Waals surface area contributed by atoms with E-state index in [0.717, 1.165) is 18.7 Å². The number of hydrogen-bond acceptors (Lipinski definition) is 6. The lowest BCUT2D eigenvalue weighted by molar-refractivity contribution is -0.138. The number of ether oxygens (including phenoxy) is 2. The highest BCUT2D eigenvalue weighted by molar-refractivity contribution is 5.88. The summed E-state index contributed by atoms with van der Waals surface area (Å²) in [6.07, 6.45) is 1.35. The number of anilines is 1. The minimum absolute atomic E-state index is 0.314.